The van der Waals surface area contributed by atoms with E-state index in [4.69, 9.17) is 23.2 Å². The second kappa shape index (κ2) is 13.1. The number of nitrogens with one attached hydrogen (secondary N) is 1. The van der Waals surface area contributed by atoms with Crippen molar-refractivity contribution in [3.8, 4) is 0 Å². The lowest BCUT2D eigenvalue weighted by molar-refractivity contribution is -0.141. The molecule has 1 atom stereocenters. The smallest absolute Gasteiger partial charge is 0.242 e. The van der Waals surface area contributed by atoms with Gasteiger partial charge in [-0.15, -0.1) is 0 Å². The molecular weight excluding hydrogens is 497 g/mol. The summed E-state index contributed by atoms with van der Waals surface area (Å²) >= 11 is 12.3. The minimum Gasteiger partial charge on any atom is -0.355 e. The quantitative estimate of drug-likeness (QED) is 0.444. The molecule has 0 heterocycles. The van der Waals surface area contributed by atoms with Gasteiger partial charge in [0.1, 0.15) is 6.04 Å². The third kappa shape index (κ3) is 7.43. The van der Waals surface area contributed by atoms with E-state index in [-0.39, 0.29) is 36.2 Å². The Morgan fingerprint density at radius 1 is 1.06 bits per heavy atom. The summed E-state index contributed by atoms with van der Waals surface area (Å²) in [5.41, 5.74) is 0.672. The molecule has 0 spiro atoms. The molecule has 0 aliphatic rings. The van der Waals surface area contributed by atoms with E-state index in [1.54, 1.807) is 36.4 Å². The second-order valence-electron chi connectivity index (χ2n) is 7.82. The first kappa shape index (κ1) is 28.1. The molecule has 2 aromatic carbocycles. The maximum Gasteiger partial charge on any atom is 0.242 e. The number of hydrogen-bond acceptors (Lipinski definition) is 4. The van der Waals surface area contributed by atoms with Crippen LogP contribution in [0.2, 0.25) is 10.0 Å². The molecule has 2 amide bonds. The molecule has 0 bridgehead atoms. The molecule has 2 rings (SSSR count). The van der Waals surface area contributed by atoms with Crippen molar-refractivity contribution >= 4 is 45.0 Å². The maximum atomic E-state index is 13.2. The molecule has 2 aromatic rings. The van der Waals surface area contributed by atoms with Crippen LogP contribution >= 0.6 is 23.2 Å². The number of nitrogens with zero attached hydrogens (tertiary/aromatic N) is 2. The number of rotatable bonds is 12. The SMILES string of the molecule is CCNC(=O)C(CC)N(Cc1ccc(Cl)cc1Cl)C(=O)CCCN(C)S(=O)(=O)c1ccccc1. The van der Waals surface area contributed by atoms with Gasteiger partial charge in [0.15, 0.2) is 0 Å². The lowest BCUT2D eigenvalue weighted by Crippen LogP contribution is -2.49. The molecule has 34 heavy (non-hydrogen) atoms. The van der Waals surface area contributed by atoms with E-state index in [1.165, 1.54) is 28.4 Å². The van der Waals surface area contributed by atoms with E-state index in [2.05, 4.69) is 5.32 Å². The van der Waals surface area contributed by atoms with Gasteiger partial charge in [0.25, 0.3) is 0 Å². The average molecular weight is 529 g/mol. The highest BCUT2D eigenvalue weighted by atomic mass is 35.5. The van der Waals surface area contributed by atoms with Crippen LogP contribution in [0.3, 0.4) is 0 Å². The highest BCUT2D eigenvalue weighted by molar-refractivity contribution is 7.89. The van der Waals surface area contributed by atoms with E-state index in [0.717, 1.165) is 0 Å². The van der Waals surface area contributed by atoms with Gasteiger partial charge in [0, 0.05) is 43.1 Å². The first-order chi connectivity index (χ1) is 16.1. The number of benzene rings is 2. The summed E-state index contributed by atoms with van der Waals surface area (Å²) in [6, 6.07) is 12.5. The fraction of sp³-hybridized carbons (Fsp3) is 0.417. The molecule has 0 aromatic heterocycles. The Morgan fingerprint density at radius 2 is 1.74 bits per heavy atom. The van der Waals surface area contributed by atoms with Gasteiger partial charge in [-0.1, -0.05) is 54.4 Å². The van der Waals surface area contributed by atoms with Crippen molar-refractivity contribution < 1.29 is 18.0 Å². The summed E-state index contributed by atoms with van der Waals surface area (Å²) in [5, 5.41) is 3.66. The van der Waals surface area contributed by atoms with Crippen LogP contribution in [0.15, 0.2) is 53.4 Å². The largest absolute Gasteiger partial charge is 0.355 e. The van der Waals surface area contributed by atoms with Gasteiger partial charge in [0.05, 0.1) is 4.90 Å². The lowest BCUT2D eigenvalue weighted by atomic mass is 10.1. The Labute approximate surface area is 212 Å². The predicted octanol–water partition coefficient (Wildman–Crippen LogP) is 4.34. The third-order valence-corrected chi connectivity index (χ3v) is 7.87. The topological polar surface area (TPSA) is 86.8 Å². The maximum absolute atomic E-state index is 13.2. The van der Waals surface area contributed by atoms with Crippen LogP contribution in [0.4, 0.5) is 0 Å². The molecule has 186 valence electrons. The normalized spacial score (nSPS) is 12.4. The molecule has 7 nitrogen and oxygen atoms in total. The van der Waals surface area contributed by atoms with E-state index in [9.17, 15) is 18.0 Å². The molecule has 0 saturated carbocycles. The lowest BCUT2D eigenvalue weighted by Gasteiger charge is -2.31. The van der Waals surface area contributed by atoms with Gasteiger partial charge in [-0.25, -0.2) is 12.7 Å². The van der Waals surface area contributed by atoms with E-state index in [1.807, 2.05) is 13.8 Å². The van der Waals surface area contributed by atoms with Gasteiger partial charge in [-0.2, -0.15) is 0 Å². The minimum absolute atomic E-state index is 0.0791. The van der Waals surface area contributed by atoms with Gasteiger partial charge in [-0.05, 0) is 49.6 Å². The Bertz CT molecular complexity index is 1080. The zero-order valence-electron chi connectivity index (χ0n) is 19.6. The molecular formula is C24H31Cl2N3O4S. The third-order valence-electron chi connectivity index (χ3n) is 5.41. The van der Waals surface area contributed by atoms with Crippen LogP contribution in [-0.4, -0.2) is 55.6 Å². The van der Waals surface area contributed by atoms with E-state index < -0.39 is 16.1 Å². The summed E-state index contributed by atoms with van der Waals surface area (Å²) in [5.74, 6) is -0.498. The van der Waals surface area contributed by atoms with E-state index >= 15 is 0 Å². The van der Waals surface area contributed by atoms with Gasteiger partial charge in [-0.3, -0.25) is 9.59 Å². The molecule has 0 aliphatic heterocycles. The van der Waals surface area contributed by atoms with Crippen LogP contribution in [0.25, 0.3) is 0 Å². The van der Waals surface area contributed by atoms with Crippen LogP contribution in [0, 0.1) is 0 Å². The fourth-order valence-electron chi connectivity index (χ4n) is 3.53. The number of sulfonamides is 1. The number of halogens is 2. The molecule has 0 aliphatic carbocycles. The highest BCUT2D eigenvalue weighted by Gasteiger charge is 2.29. The molecule has 0 radical (unpaired) electrons. The number of likely N-dealkylation sites (N-methyl/N-ethyl adjacent to an activating group) is 1. The zero-order valence-corrected chi connectivity index (χ0v) is 22.0. The first-order valence-corrected chi connectivity index (χ1v) is 13.3. The molecule has 0 saturated heterocycles. The predicted molar refractivity (Wildman–Crippen MR) is 135 cm³/mol. The number of carbonyl (C=O) groups is 2. The Hall–Kier alpha value is -2.13. The first-order valence-electron chi connectivity index (χ1n) is 11.1. The van der Waals surface area contributed by atoms with Crippen LogP contribution < -0.4 is 5.32 Å². The number of amides is 2. The van der Waals surface area contributed by atoms with Crippen molar-refractivity contribution in [2.45, 2.75) is 50.6 Å². The molecule has 10 heteroatoms. The van der Waals surface area contributed by atoms with Crippen LogP contribution in [0.1, 0.15) is 38.7 Å². The highest BCUT2D eigenvalue weighted by Crippen LogP contribution is 2.24. The van der Waals surface area contributed by atoms with Crippen molar-refractivity contribution in [1.82, 2.24) is 14.5 Å². The van der Waals surface area contributed by atoms with E-state index in [0.29, 0.717) is 35.0 Å². The molecule has 1 N–H and O–H groups in total. The molecule has 1 unspecified atom stereocenters. The van der Waals surface area contributed by atoms with Crippen molar-refractivity contribution in [3.05, 3.63) is 64.1 Å². The molecule has 0 fully saturated rings. The van der Waals surface area contributed by atoms with Gasteiger partial charge >= 0.3 is 0 Å². The fourth-order valence-corrected chi connectivity index (χ4v) is 5.23. The number of hydrogen-bond donors (Lipinski definition) is 1. The van der Waals surface area contributed by atoms with Gasteiger partial charge in [0.2, 0.25) is 21.8 Å². The number of carbonyl (C=O) groups excluding carboxylic acids is 2. The van der Waals surface area contributed by atoms with Crippen LogP contribution in [-0.2, 0) is 26.2 Å². The average Bonchev–Trinajstić information content (AvgIpc) is 2.80. The van der Waals surface area contributed by atoms with Crippen molar-refractivity contribution in [2.75, 3.05) is 20.1 Å². The second-order valence-corrected chi connectivity index (χ2v) is 10.7. The summed E-state index contributed by atoms with van der Waals surface area (Å²) in [4.78, 5) is 27.6. The summed E-state index contributed by atoms with van der Waals surface area (Å²) in [6.45, 7) is 4.40. The van der Waals surface area contributed by atoms with Crippen molar-refractivity contribution in [1.29, 1.82) is 0 Å². The summed E-state index contributed by atoms with van der Waals surface area (Å²) in [7, 11) is -2.16. The monoisotopic (exact) mass is 527 g/mol. The summed E-state index contributed by atoms with van der Waals surface area (Å²) < 4.78 is 26.7. The Balaban J connectivity index is 2.15. The standard InChI is InChI=1S/C24H31Cl2N3O4S/c1-4-22(24(31)27-5-2)29(17-18-13-14-19(25)16-21(18)26)23(30)12-9-15-28(3)34(32,33)20-10-7-6-8-11-20/h6-8,10-11,13-14,16,22H,4-5,9,12,15,17H2,1-3H3,(H,27,31). The zero-order chi connectivity index (χ0) is 25.3. The van der Waals surface area contributed by atoms with Crippen molar-refractivity contribution in [2.24, 2.45) is 0 Å². The summed E-state index contributed by atoms with van der Waals surface area (Å²) in [6.07, 6.45) is 0.804. The van der Waals surface area contributed by atoms with Gasteiger partial charge < -0.3 is 10.2 Å². The Morgan fingerprint density at radius 3 is 2.32 bits per heavy atom. The van der Waals surface area contributed by atoms with Crippen molar-refractivity contribution in [3.63, 3.8) is 0 Å². The van der Waals surface area contributed by atoms with Crippen LogP contribution in [0.5, 0.6) is 0 Å². The Kier molecular flexibility index (Phi) is 10.8. The minimum atomic E-state index is -3.64.